The lowest BCUT2D eigenvalue weighted by Gasteiger charge is -2.20. The van der Waals surface area contributed by atoms with Crippen molar-refractivity contribution in [3.05, 3.63) is 53.2 Å². The molecule has 5 heterocycles. The molecule has 0 aromatic carbocycles. The van der Waals surface area contributed by atoms with E-state index in [9.17, 15) is 39.0 Å². The van der Waals surface area contributed by atoms with Gasteiger partial charge in [-0.3, -0.25) is 18.4 Å². The molecule has 2 fully saturated rings. The van der Waals surface area contributed by atoms with Crippen LogP contribution >= 0.6 is 15.6 Å². The van der Waals surface area contributed by atoms with Gasteiger partial charge in [0.2, 0.25) is 0 Å². The molecule has 2 saturated heterocycles. The number of nitrogen functional groups attached to an aromatic ring is 1. The molecule has 2 aliphatic rings. The molecule has 10 atom stereocenters. The average Bonchev–Trinajstić information content (AvgIpc) is 3.65. The quantitative estimate of drug-likeness (QED) is 0.0366. The maximum Gasteiger partial charge on any atom is 0.481 e. The predicted octanol–water partition coefficient (Wildman–Crippen LogP) is -1.70. The van der Waals surface area contributed by atoms with Gasteiger partial charge in [-0.25, -0.2) is 24.1 Å². The van der Waals surface area contributed by atoms with Crippen molar-refractivity contribution in [1.82, 2.24) is 19.5 Å². The van der Waals surface area contributed by atoms with Crippen molar-refractivity contribution < 1.29 is 66.4 Å². The predicted molar refractivity (Wildman–Crippen MR) is 146 cm³/mol. The summed E-state index contributed by atoms with van der Waals surface area (Å²) >= 11 is 0. The maximum atomic E-state index is 12.5. The highest BCUT2D eigenvalue weighted by Crippen LogP contribution is 2.60. The number of aliphatic hydroxyl groups is 3. The molecule has 25 heteroatoms. The first-order valence-corrected chi connectivity index (χ1v) is 16.0. The third kappa shape index (κ3) is 7.01. The second-order valence-electron chi connectivity index (χ2n) is 9.89. The van der Waals surface area contributed by atoms with Crippen LogP contribution in [0, 0.1) is 0 Å². The molecule has 23 nitrogen and oxygen atoms in total. The van der Waals surface area contributed by atoms with Gasteiger partial charge in [-0.1, -0.05) is 5.11 Å². The van der Waals surface area contributed by atoms with Gasteiger partial charge < -0.3 is 46.0 Å². The number of nitrogens with two attached hydrogens (primary N) is 2. The number of phosphoric acid groups is 2. The third-order valence-electron chi connectivity index (χ3n) is 6.93. The second-order valence-corrected chi connectivity index (χ2v) is 12.9. The van der Waals surface area contributed by atoms with Crippen molar-refractivity contribution in [2.45, 2.75) is 49.0 Å². The average molecular weight is 689 g/mol. The number of amides is 1. The van der Waals surface area contributed by atoms with E-state index in [0.717, 1.165) is 6.33 Å². The van der Waals surface area contributed by atoms with Crippen LogP contribution in [-0.4, -0.2) is 100 Å². The van der Waals surface area contributed by atoms with E-state index in [1.807, 2.05) is 0 Å². The summed E-state index contributed by atoms with van der Waals surface area (Å²) in [6, 6.07) is 1.53. The number of fused-ring (bicyclic) bond motifs is 1. The Labute approximate surface area is 256 Å². The largest absolute Gasteiger partial charge is 0.481 e. The zero-order valence-corrected chi connectivity index (χ0v) is 24.9. The van der Waals surface area contributed by atoms with Crippen LogP contribution in [0.3, 0.4) is 0 Å². The molecule has 1 amide bonds. The molecule has 5 rings (SSSR count). The summed E-state index contributed by atoms with van der Waals surface area (Å²) in [7, 11) is -10.8. The first-order chi connectivity index (χ1) is 21.7. The minimum absolute atomic E-state index is 0.0453. The summed E-state index contributed by atoms with van der Waals surface area (Å²) in [4.78, 5) is 46.2. The monoisotopic (exact) mass is 689 g/mol. The number of rotatable bonds is 12. The SMILES string of the molecule is [N-]=[N+]=NC1C([n+]2cccc(C(N)=O)c2)O[C@H](COP(=O)(O)OP(=O)(O)OC[C@H]2O[C@@H](n3cnc4c(N)ncnc43)[C@H](O)[C@@H]2O)[C@H]1O. The van der Waals surface area contributed by atoms with Crippen molar-refractivity contribution in [1.29, 1.82) is 0 Å². The van der Waals surface area contributed by atoms with Gasteiger partial charge in [0.1, 0.15) is 47.9 Å². The zero-order valence-electron chi connectivity index (χ0n) is 23.1. The van der Waals surface area contributed by atoms with Crippen LogP contribution in [0.4, 0.5) is 5.82 Å². The van der Waals surface area contributed by atoms with Crippen LogP contribution < -0.4 is 16.0 Å². The highest BCUT2D eigenvalue weighted by Gasteiger charge is 2.50. The fourth-order valence-corrected chi connectivity index (χ4v) is 6.85. The van der Waals surface area contributed by atoms with Gasteiger partial charge in [0, 0.05) is 11.0 Å². The lowest BCUT2D eigenvalue weighted by atomic mass is 10.1. The van der Waals surface area contributed by atoms with Crippen LogP contribution in [0.15, 0.2) is 42.3 Å². The van der Waals surface area contributed by atoms with Crippen molar-refractivity contribution in [3.8, 4) is 0 Å². The number of carbonyl (C=O) groups excluding carboxylic acids is 1. The smallest absolute Gasteiger partial charge is 0.389 e. The maximum absolute atomic E-state index is 12.5. The van der Waals surface area contributed by atoms with Crippen LogP contribution in [-0.2, 0) is 32.0 Å². The number of hydrogen-bond acceptors (Lipinski definition) is 16. The molecule has 4 unspecified atom stereocenters. The molecule has 0 aliphatic carbocycles. The molecule has 0 bridgehead atoms. The third-order valence-corrected chi connectivity index (χ3v) is 9.53. The van der Waals surface area contributed by atoms with Crippen LogP contribution in [0.5, 0.6) is 0 Å². The number of anilines is 1. The molecule has 46 heavy (non-hydrogen) atoms. The van der Waals surface area contributed by atoms with Crippen molar-refractivity contribution in [2.75, 3.05) is 18.9 Å². The number of aliphatic hydroxyl groups excluding tert-OH is 3. The summed E-state index contributed by atoms with van der Waals surface area (Å²) in [5.41, 5.74) is 20.4. The molecular weight excluding hydrogens is 662 g/mol. The molecule has 2 aliphatic heterocycles. The van der Waals surface area contributed by atoms with Gasteiger partial charge in [-0.2, -0.15) is 8.88 Å². The van der Waals surface area contributed by atoms with Gasteiger partial charge in [-0.05, 0) is 11.6 Å². The van der Waals surface area contributed by atoms with Crippen LogP contribution in [0.2, 0.25) is 0 Å². The standard InChI is InChI=1S/C21H26N10O13P2/c22-17-13-19(26-7-25-17)31(8-27-13)21-16(34)15(33)11(43-21)6-41-46(38,39)44-45(36,37)40-5-10-14(32)12(28-29-24)20(42-10)30-3-1-2-9(4-30)18(23)35/h1-4,7-8,10-12,14-16,20-21,32-34H,5-6H2,(H5-,22,23,25,26,35,36,37,38,39)/p+1/t10-,11-,12?,14-,15-,16-,20?,21-/m1/s1. The number of azide groups is 1. The van der Waals surface area contributed by atoms with Crippen LogP contribution in [0.1, 0.15) is 22.8 Å². The number of imidazole rings is 1. The Kier molecular flexibility index (Phi) is 9.68. The number of ether oxygens (including phenoxy) is 2. The number of phosphoric ester groups is 2. The summed E-state index contributed by atoms with van der Waals surface area (Å²) in [6.07, 6.45) is -5.22. The molecule has 248 valence electrons. The zero-order chi connectivity index (χ0) is 33.4. The summed E-state index contributed by atoms with van der Waals surface area (Å²) < 4.78 is 52.5. The molecule has 9 N–H and O–H groups in total. The molecule has 0 spiro atoms. The van der Waals surface area contributed by atoms with E-state index in [4.69, 9.17) is 35.5 Å². The highest BCUT2D eigenvalue weighted by molar-refractivity contribution is 7.61. The van der Waals surface area contributed by atoms with E-state index in [1.54, 1.807) is 0 Å². The lowest BCUT2D eigenvalue weighted by molar-refractivity contribution is -0.760. The Morgan fingerprint density at radius 1 is 1.09 bits per heavy atom. The van der Waals surface area contributed by atoms with E-state index in [-0.39, 0.29) is 22.5 Å². The number of nitrogens with zero attached hydrogens (tertiary/aromatic N) is 8. The minimum Gasteiger partial charge on any atom is -0.389 e. The van der Waals surface area contributed by atoms with Crippen molar-refractivity contribution in [2.24, 2.45) is 10.8 Å². The topological polar surface area (TPSA) is 347 Å². The van der Waals surface area contributed by atoms with Gasteiger partial charge in [0.05, 0.1) is 19.5 Å². The second kappa shape index (κ2) is 13.2. The Bertz CT molecular complexity index is 1760. The minimum atomic E-state index is -5.41. The number of primary amides is 1. The molecule has 0 radical (unpaired) electrons. The summed E-state index contributed by atoms with van der Waals surface area (Å²) in [6.45, 7) is -1.82. The Morgan fingerprint density at radius 3 is 2.41 bits per heavy atom. The number of aromatic nitrogens is 5. The van der Waals surface area contributed by atoms with E-state index in [0.29, 0.717) is 0 Å². The first-order valence-electron chi connectivity index (χ1n) is 13.0. The number of hydrogen-bond donors (Lipinski definition) is 7. The summed E-state index contributed by atoms with van der Waals surface area (Å²) in [5.74, 6) is -0.733. The first kappa shape index (κ1) is 33.7. The van der Waals surface area contributed by atoms with Gasteiger partial charge in [0.15, 0.2) is 36.1 Å². The molecule has 3 aromatic rings. The van der Waals surface area contributed by atoms with Crippen LogP contribution in [0.25, 0.3) is 21.6 Å². The van der Waals surface area contributed by atoms with E-state index in [2.05, 4.69) is 29.3 Å². The van der Waals surface area contributed by atoms with Crippen molar-refractivity contribution in [3.63, 3.8) is 0 Å². The number of pyridine rings is 1. The van der Waals surface area contributed by atoms with Gasteiger partial charge >= 0.3 is 15.6 Å². The normalized spacial score (nSPS) is 30.5. The van der Waals surface area contributed by atoms with E-state index < -0.39 is 83.8 Å². The lowest BCUT2D eigenvalue weighted by Crippen LogP contribution is -2.45. The Morgan fingerprint density at radius 2 is 1.76 bits per heavy atom. The van der Waals surface area contributed by atoms with E-state index in [1.165, 1.54) is 40.0 Å². The molecular formula is C21H27N10O13P2+. The molecule has 0 saturated carbocycles. The highest BCUT2D eigenvalue weighted by atomic mass is 31.3. The van der Waals surface area contributed by atoms with E-state index >= 15 is 0 Å². The van der Waals surface area contributed by atoms with Gasteiger partial charge in [0.25, 0.3) is 12.1 Å². The van der Waals surface area contributed by atoms with Crippen molar-refractivity contribution >= 4 is 38.5 Å². The fraction of sp³-hybridized carbons (Fsp3) is 0.476. The van der Waals surface area contributed by atoms with Gasteiger partial charge in [-0.15, -0.1) is 0 Å². The Balaban J connectivity index is 1.18. The number of carbonyl (C=O) groups is 1. The Hall–Kier alpha value is -3.66. The molecule has 3 aromatic heterocycles. The summed E-state index contributed by atoms with van der Waals surface area (Å²) in [5, 5.41) is 35.1. The fourth-order valence-electron chi connectivity index (χ4n) is 4.76.